The van der Waals surface area contributed by atoms with Gasteiger partial charge < -0.3 is 14.7 Å². The predicted octanol–water partition coefficient (Wildman–Crippen LogP) is 2.39. The number of thioether (sulfide) groups is 1. The highest BCUT2D eigenvalue weighted by molar-refractivity contribution is 7.98. The number of hydrogen-bond acceptors (Lipinski definition) is 6. The standard InChI is InChI=1S/C11H15N3O2S/c1-7-8(3-5-15-7)10-13-11(16-14-10)9(12)4-6-17-2/h3,5,9H,4,6,12H2,1-2H3/t9-/m1/s1. The van der Waals surface area contributed by atoms with Gasteiger partial charge in [0.2, 0.25) is 11.7 Å². The van der Waals surface area contributed by atoms with Gasteiger partial charge in [-0.25, -0.2) is 0 Å². The molecule has 0 aliphatic heterocycles. The highest BCUT2D eigenvalue weighted by Crippen LogP contribution is 2.23. The maximum atomic E-state index is 5.95. The first-order valence-electron chi connectivity index (χ1n) is 5.35. The van der Waals surface area contributed by atoms with Crippen molar-refractivity contribution < 1.29 is 8.94 Å². The van der Waals surface area contributed by atoms with E-state index in [-0.39, 0.29) is 6.04 Å². The van der Waals surface area contributed by atoms with E-state index in [2.05, 4.69) is 10.1 Å². The Morgan fingerprint density at radius 3 is 3.00 bits per heavy atom. The normalized spacial score (nSPS) is 12.9. The van der Waals surface area contributed by atoms with Crippen LogP contribution in [0.25, 0.3) is 11.4 Å². The molecule has 2 heterocycles. The summed E-state index contributed by atoms with van der Waals surface area (Å²) in [6, 6.07) is 1.62. The van der Waals surface area contributed by atoms with Gasteiger partial charge in [0.1, 0.15) is 5.76 Å². The molecule has 0 amide bonds. The fourth-order valence-corrected chi connectivity index (χ4v) is 1.97. The molecule has 0 bridgehead atoms. The zero-order chi connectivity index (χ0) is 12.3. The summed E-state index contributed by atoms with van der Waals surface area (Å²) in [6.45, 7) is 1.86. The number of hydrogen-bond donors (Lipinski definition) is 1. The molecular formula is C11H15N3O2S. The van der Waals surface area contributed by atoms with Crippen LogP contribution in [0.15, 0.2) is 21.3 Å². The Labute approximate surface area is 104 Å². The molecule has 6 heteroatoms. The van der Waals surface area contributed by atoms with Crippen molar-refractivity contribution in [1.29, 1.82) is 0 Å². The van der Waals surface area contributed by atoms with Gasteiger partial charge in [0.15, 0.2) is 0 Å². The van der Waals surface area contributed by atoms with Gasteiger partial charge in [-0.15, -0.1) is 0 Å². The summed E-state index contributed by atoms with van der Waals surface area (Å²) in [5.74, 6) is 2.76. The first kappa shape index (κ1) is 12.2. The van der Waals surface area contributed by atoms with Gasteiger partial charge >= 0.3 is 0 Å². The fourth-order valence-electron chi connectivity index (χ4n) is 1.48. The average Bonchev–Trinajstić information content (AvgIpc) is 2.93. The molecule has 0 unspecified atom stereocenters. The number of aromatic nitrogens is 2. The summed E-state index contributed by atoms with van der Waals surface area (Å²) in [5, 5.41) is 3.92. The molecule has 1 atom stereocenters. The van der Waals surface area contributed by atoms with E-state index in [1.807, 2.05) is 19.2 Å². The van der Waals surface area contributed by atoms with Crippen molar-refractivity contribution >= 4 is 11.8 Å². The molecule has 92 valence electrons. The van der Waals surface area contributed by atoms with Crippen LogP contribution in [0.5, 0.6) is 0 Å². The Balaban J connectivity index is 2.13. The van der Waals surface area contributed by atoms with Gasteiger partial charge in [0.25, 0.3) is 0 Å². The lowest BCUT2D eigenvalue weighted by molar-refractivity contribution is 0.353. The van der Waals surface area contributed by atoms with Gasteiger partial charge in [-0.1, -0.05) is 5.16 Å². The lowest BCUT2D eigenvalue weighted by Gasteiger charge is -2.03. The molecule has 17 heavy (non-hydrogen) atoms. The summed E-state index contributed by atoms with van der Waals surface area (Å²) in [6.07, 6.45) is 4.47. The molecule has 2 N–H and O–H groups in total. The number of nitrogens with two attached hydrogens (primary N) is 1. The summed E-state index contributed by atoms with van der Waals surface area (Å²) in [5.41, 5.74) is 6.80. The van der Waals surface area contributed by atoms with Crippen molar-refractivity contribution in [3.8, 4) is 11.4 Å². The Morgan fingerprint density at radius 2 is 2.35 bits per heavy atom. The minimum Gasteiger partial charge on any atom is -0.469 e. The second-order valence-corrected chi connectivity index (χ2v) is 4.72. The zero-order valence-corrected chi connectivity index (χ0v) is 10.7. The predicted molar refractivity (Wildman–Crippen MR) is 66.7 cm³/mol. The minimum atomic E-state index is -0.198. The largest absolute Gasteiger partial charge is 0.469 e. The van der Waals surface area contributed by atoms with Crippen LogP contribution >= 0.6 is 11.8 Å². The molecule has 0 saturated heterocycles. The van der Waals surface area contributed by atoms with Crippen LogP contribution in [0, 0.1) is 6.92 Å². The third-order valence-corrected chi connectivity index (χ3v) is 3.14. The molecule has 2 aromatic rings. The Morgan fingerprint density at radius 1 is 1.53 bits per heavy atom. The molecule has 5 nitrogen and oxygen atoms in total. The SMILES string of the molecule is CSCC[C@@H](N)c1nc(-c2ccoc2C)no1. The summed E-state index contributed by atoms with van der Waals surface area (Å²) < 4.78 is 10.4. The molecule has 0 aliphatic rings. The van der Waals surface area contributed by atoms with Crippen molar-refractivity contribution in [2.75, 3.05) is 12.0 Å². The van der Waals surface area contributed by atoms with Crippen LogP contribution in [0.1, 0.15) is 24.1 Å². The Kier molecular flexibility index (Phi) is 3.86. The van der Waals surface area contributed by atoms with E-state index in [1.165, 1.54) is 0 Å². The van der Waals surface area contributed by atoms with Gasteiger partial charge in [-0.3, -0.25) is 0 Å². The zero-order valence-electron chi connectivity index (χ0n) is 9.84. The smallest absolute Gasteiger partial charge is 0.243 e. The maximum absolute atomic E-state index is 5.95. The van der Waals surface area contributed by atoms with Crippen molar-refractivity contribution in [2.45, 2.75) is 19.4 Å². The van der Waals surface area contributed by atoms with Crippen LogP contribution in [-0.2, 0) is 0 Å². The first-order valence-corrected chi connectivity index (χ1v) is 6.74. The molecular weight excluding hydrogens is 238 g/mol. The molecule has 0 saturated carbocycles. The fraction of sp³-hybridized carbons (Fsp3) is 0.455. The average molecular weight is 253 g/mol. The third kappa shape index (κ3) is 2.70. The van der Waals surface area contributed by atoms with Crippen molar-refractivity contribution in [3.05, 3.63) is 24.0 Å². The summed E-state index contributed by atoms with van der Waals surface area (Å²) in [7, 11) is 0. The maximum Gasteiger partial charge on any atom is 0.243 e. The molecule has 0 fully saturated rings. The number of rotatable bonds is 5. The van der Waals surface area contributed by atoms with Gasteiger partial charge in [-0.05, 0) is 31.4 Å². The summed E-state index contributed by atoms with van der Waals surface area (Å²) >= 11 is 1.75. The van der Waals surface area contributed by atoms with E-state index < -0.39 is 0 Å². The molecule has 0 aliphatic carbocycles. The number of furan rings is 1. The van der Waals surface area contributed by atoms with Crippen LogP contribution in [0.3, 0.4) is 0 Å². The van der Waals surface area contributed by atoms with E-state index in [0.29, 0.717) is 11.7 Å². The third-order valence-electron chi connectivity index (χ3n) is 2.49. The molecule has 0 radical (unpaired) electrons. The molecule has 0 spiro atoms. The first-order chi connectivity index (χ1) is 8.22. The second-order valence-electron chi connectivity index (χ2n) is 3.73. The molecule has 2 aromatic heterocycles. The monoisotopic (exact) mass is 253 g/mol. The quantitative estimate of drug-likeness (QED) is 0.881. The topological polar surface area (TPSA) is 78.1 Å². The lowest BCUT2D eigenvalue weighted by Crippen LogP contribution is -2.11. The highest BCUT2D eigenvalue weighted by atomic mass is 32.2. The second kappa shape index (κ2) is 5.37. The number of nitrogens with zero attached hydrogens (tertiary/aromatic N) is 2. The van der Waals surface area contributed by atoms with Gasteiger partial charge in [0, 0.05) is 0 Å². The van der Waals surface area contributed by atoms with Gasteiger partial charge in [0.05, 0.1) is 17.9 Å². The number of aryl methyl sites for hydroxylation is 1. The van der Waals surface area contributed by atoms with E-state index in [0.717, 1.165) is 23.5 Å². The van der Waals surface area contributed by atoms with Crippen molar-refractivity contribution in [2.24, 2.45) is 5.73 Å². The van der Waals surface area contributed by atoms with Gasteiger partial charge in [-0.2, -0.15) is 16.7 Å². The van der Waals surface area contributed by atoms with Crippen LogP contribution < -0.4 is 5.73 Å². The van der Waals surface area contributed by atoms with Crippen molar-refractivity contribution in [1.82, 2.24) is 10.1 Å². The molecule has 0 aromatic carbocycles. The van der Waals surface area contributed by atoms with E-state index in [4.69, 9.17) is 14.7 Å². The van der Waals surface area contributed by atoms with Crippen LogP contribution in [0.2, 0.25) is 0 Å². The van der Waals surface area contributed by atoms with E-state index in [9.17, 15) is 0 Å². The highest BCUT2D eigenvalue weighted by Gasteiger charge is 2.17. The van der Waals surface area contributed by atoms with Crippen molar-refractivity contribution in [3.63, 3.8) is 0 Å². The van der Waals surface area contributed by atoms with Crippen LogP contribution in [0.4, 0.5) is 0 Å². The molecule has 2 rings (SSSR count). The lowest BCUT2D eigenvalue weighted by atomic mass is 10.2. The Hall–Kier alpha value is -1.27. The summed E-state index contributed by atoms with van der Waals surface area (Å²) in [4.78, 5) is 4.29. The van der Waals surface area contributed by atoms with E-state index >= 15 is 0 Å². The van der Waals surface area contributed by atoms with Crippen LogP contribution in [-0.4, -0.2) is 22.1 Å². The minimum absolute atomic E-state index is 0.198. The Bertz CT molecular complexity index is 481. The van der Waals surface area contributed by atoms with E-state index in [1.54, 1.807) is 18.0 Å².